The molecule has 0 spiro atoms. The van der Waals surface area contributed by atoms with Crippen LogP contribution in [-0.4, -0.2) is 18.3 Å². The minimum Gasteiger partial charge on any atom is -0.398 e. The predicted molar refractivity (Wildman–Crippen MR) is 65.2 cm³/mol. The van der Waals surface area contributed by atoms with E-state index in [1.165, 1.54) is 0 Å². The fraction of sp³-hybridized carbons (Fsp3) is 0.182. The van der Waals surface area contributed by atoms with Crippen molar-refractivity contribution in [3.05, 3.63) is 30.5 Å². The van der Waals surface area contributed by atoms with Crippen LogP contribution in [-0.2, 0) is 4.57 Å². The van der Waals surface area contributed by atoms with E-state index in [2.05, 4.69) is 4.98 Å². The monoisotopic (exact) mass is 220 g/mol. The van der Waals surface area contributed by atoms with Gasteiger partial charge in [-0.1, -0.05) is 12.1 Å². The number of nitrogen functional groups attached to an aromatic ring is 1. The van der Waals surface area contributed by atoms with Crippen molar-refractivity contribution in [2.24, 2.45) is 0 Å². The van der Waals surface area contributed by atoms with Crippen LogP contribution in [0, 0.1) is 0 Å². The summed E-state index contributed by atoms with van der Waals surface area (Å²) in [4.78, 5) is 4.26. The molecular weight excluding hydrogens is 207 g/mol. The molecule has 4 heteroatoms. The van der Waals surface area contributed by atoms with Gasteiger partial charge in [0.2, 0.25) is 0 Å². The lowest BCUT2D eigenvalue weighted by molar-refractivity contribution is 0.588. The normalized spacial score (nSPS) is 11.9. The highest BCUT2D eigenvalue weighted by atomic mass is 31.2. The van der Waals surface area contributed by atoms with Gasteiger partial charge in [-0.25, -0.2) is 0 Å². The molecule has 0 bridgehead atoms. The topological polar surface area (TPSA) is 56.0 Å². The summed E-state index contributed by atoms with van der Waals surface area (Å²) in [6, 6.07) is 7.50. The van der Waals surface area contributed by atoms with Crippen LogP contribution in [0.25, 0.3) is 10.9 Å². The predicted octanol–water partition coefficient (Wildman–Crippen LogP) is 2.06. The fourth-order valence-corrected chi connectivity index (χ4v) is 3.10. The van der Waals surface area contributed by atoms with Gasteiger partial charge in [0.25, 0.3) is 0 Å². The average molecular weight is 220 g/mol. The van der Waals surface area contributed by atoms with Crippen molar-refractivity contribution in [3.8, 4) is 0 Å². The van der Waals surface area contributed by atoms with E-state index < -0.39 is 7.14 Å². The number of anilines is 1. The van der Waals surface area contributed by atoms with Crippen molar-refractivity contribution in [1.29, 1.82) is 0 Å². The first-order valence-electron chi connectivity index (χ1n) is 4.69. The van der Waals surface area contributed by atoms with Crippen molar-refractivity contribution in [2.45, 2.75) is 0 Å². The molecule has 0 radical (unpaired) electrons. The van der Waals surface area contributed by atoms with E-state index in [1.54, 1.807) is 25.6 Å². The molecule has 3 nitrogen and oxygen atoms in total. The van der Waals surface area contributed by atoms with Crippen LogP contribution in [0.15, 0.2) is 30.5 Å². The molecule has 1 aromatic heterocycles. The van der Waals surface area contributed by atoms with E-state index in [0.717, 1.165) is 10.9 Å². The van der Waals surface area contributed by atoms with Crippen LogP contribution < -0.4 is 11.0 Å². The van der Waals surface area contributed by atoms with Gasteiger partial charge in [0.15, 0.2) is 0 Å². The number of fused-ring (bicyclic) bond motifs is 1. The van der Waals surface area contributed by atoms with Crippen LogP contribution >= 0.6 is 7.14 Å². The van der Waals surface area contributed by atoms with Crippen molar-refractivity contribution >= 4 is 29.0 Å². The largest absolute Gasteiger partial charge is 0.398 e. The zero-order valence-corrected chi connectivity index (χ0v) is 9.66. The quantitative estimate of drug-likeness (QED) is 0.591. The first-order chi connectivity index (χ1) is 7.00. The molecule has 0 aliphatic rings. The molecule has 0 saturated carbocycles. The van der Waals surface area contributed by atoms with Gasteiger partial charge in [-0.3, -0.25) is 4.98 Å². The molecular formula is C11H13N2OP. The number of hydrogen-bond donors (Lipinski definition) is 1. The summed E-state index contributed by atoms with van der Waals surface area (Å²) in [6.45, 7) is 3.43. The summed E-state index contributed by atoms with van der Waals surface area (Å²) in [5.74, 6) is 0. The summed E-state index contributed by atoms with van der Waals surface area (Å²) < 4.78 is 12.1. The number of rotatable bonds is 1. The number of benzene rings is 1. The summed E-state index contributed by atoms with van der Waals surface area (Å²) in [6.07, 6.45) is 1.70. The molecule has 2 aromatic rings. The van der Waals surface area contributed by atoms with Gasteiger partial charge in [-0.15, -0.1) is 0 Å². The molecule has 0 fully saturated rings. The molecule has 0 atom stereocenters. The second-order valence-corrected chi connectivity index (χ2v) is 7.08. The Morgan fingerprint density at radius 3 is 2.67 bits per heavy atom. The number of pyridine rings is 1. The van der Waals surface area contributed by atoms with Crippen molar-refractivity contribution in [1.82, 2.24) is 4.98 Å². The molecule has 0 aliphatic heterocycles. The Balaban J connectivity index is 2.92. The van der Waals surface area contributed by atoms with Crippen LogP contribution in [0.3, 0.4) is 0 Å². The molecule has 0 aliphatic carbocycles. The zero-order chi connectivity index (χ0) is 11.1. The van der Waals surface area contributed by atoms with Crippen molar-refractivity contribution in [2.75, 3.05) is 19.1 Å². The Bertz CT molecular complexity index is 560. The maximum absolute atomic E-state index is 12.1. The van der Waals surface area contributed by atoms with Gasteiger partial charge < -0.3 is 10.3 Å². The van der Waals surface area contributed by atoms with Crippen molar-refractivity contribution < 1.29 is 4.57 Å². The molecule has 0 amide bonds. The van der Waals surface area contributed by atoms with Gasteiger partial charge in [0, 0.05) is 17.3 Å². The lowest BCUT2D eigenvalue weighted by Gasteiger charge is -2.12. The number of nitrogens with two attached hydrogens (primary N) is 1. The van der Waals surface area contributed by atoms with Crippen LogP contribution in [0.5, 0.6) is 0 Å². The van der Waals surface area contributed by atoms with Gasteiger partial charge in [0.1, 0.15) is 7.14 Å². The van der Waals surface area contributed by atoms with E-state index in [0.29, 0.717) is 11.0 Å². The Morgan fingerprint density at radius 2 is 2.00 bits per heavy atom. The molecule has 1 aromatic carbocycles. The van der Waals surface area contributed by atoms with Gasteiger partial charge >= 0.3 is 0 Å². The Morgan fingerprint density at radius 1 is 1.27 bits per heavy atom. The van der Waals surface area contributed by atoms with E-state index in [9.17, 15) is 4.57 Å². The molecule has 0 unspecified atom stereocenters. The second kappa shape index (κ2) is 3.35. The van der Waals surface area contributed by atoms with Crippen molar-refractivity contribution in [3.63, 3.8) is 0 Å². The minimum atomic E-state index is -2.39. The van der Waals surface area contributed by atoms with Crippen LogP contribution in [0.4, 0.5) is 5.69 Å². The smallest absolute Gasteiger partial charge is 0.114 e. The summed E-state index contributed by atoms with van der Waals surface area (Å²) >= 11 is 0. The van der Waals surface area contributed by atoms with Gasteiger partial charge in [-0.2, -0.15) is 0 Å². The summed E-state index contributed by atoms with van der Waals surface area (Å²) in [5.41, 5.74) is 7.18. The zero-order valence-electron chi connectivity index (χ0n) is 8.77. The third-order valence-corrected chi connectivity index (χ3v) is 3.86. The fourth-order valence-electron chi connectivity index (χ4n) is 1.71. The minimum absolute atomic E-state index is 0.564. The Hall–Kier alpha value is -1.34. The number of hydrogen-bond acceptors (Lipinski definition) is 3. The molecule has 15 heavy (non-hydrogen) atoms. The summed E-state index contributed by atoms with van der Waals surface area (Å²) in [5, 5.41) is 1.67. The molecule has 2 N–H and O–H groups in total. The standard InChI is InChI=1S/C11H13N2OP/c1-15(2,14)11-9(12)6-5-8-4-3-7-13-10(8)11/h3-7H,12H2,1-2H3. The highest BCUT2D eigenvalue weighted by molar-refractivity contribution is 7.71. The SMILES string of the molecule is CP(C)(=O)c1c(N)ccc2cccnc12. The molecule has 0 saturated heterocycles. The van der Waals surface area contributed by atoms with E-state index >= 15 is 0 Å². The summed E-state index contributed by atoms with van der Waals surface area (Å²) in [7, 11) is -2.39. The van der Waals surface area contributed by atoms with E-state index in [1.807, 2.05) is 18.2 Å². The first kappa shape index (κ1) is 10.2. The van der Waals surface area contributed by atoms with Crippen LogP contribution in [0.1, 0.15) is 0 Å². The number of aromatic nitrogens is 1. The molecule has 78 valence electrons. The van der Waals surface area contributed by atoms with Crippen LogP contribution in [0.2, 0.25) is 0 Å². The maximum Gasteiger partial charge on any atom is 0.114 e. The number of nitrogens with zero attached hydrogens (tertiary/aromatic N) is 1. The molecule has 1 heterocycles. The van der Waals surface area contributed by atoms with Gasteiger partial charge in [-0.05, 0) is 25.5 Å². The average Bonchev–Trinajstić information content (AvgIpc) is 2.15. The third-order valence-electron chi connectivity index (χ3n) is 2.32. The second-order valence-electron chi connectivity index (χ2n) is 3.93. The maximum atomic E-state index is 12.1. The molecule has 2 rings (SSSR count). The van der Waals surface area contributed by atoms with E-state index in [-0.39, 0.29) is 0 Å². The lowest BCUT2D eigenvalue weighted by atomic mass is 10.2. The third kappa shape index (κ3) is 1.75. The van der Waals surface area contributed by atoms with Gasteiger partial charge in [0.05, 0.1) is 10.8 Å². The highest BCUT2D eigenvalue weighted by Gasteiger charge is 2.18. The van der Waals surface area contributed by atoms with E-state index in [4.69, 9.17) is 5.73 Å². The first-order valence-corrected chi connectivity index (χ1v) is 7.29. The highest BCUT2D eigenvalue weighted by Crippen LogP contribution is 2.39. The Kier molecular flexibility index (Phi) is 2.28. The Labute approximate surface area is 88.7 Å². The lowest BCUT2D eigenvalue weighted by Crippen LogP contribution is -2.12.